The highest BCUT2D eigenvalue weighted by atomic mass is 15.1. The van der Waals surface area contributed by atoms with Crippen LogP contribution in [0.25, 0.3) is 0 Å². The summed E-state index contributed by atoms with van der Waals surface area (Å²) in [5, 5.41) is 0. The smallest absolute Gasteiger partial charge is 0.141 e. The van der Waals surface area contributed by atoms with Crippen molar-refractivity contribution in [3.8, 4) is 0 Å². The van der Waals surface area contributed by atoms with Gasteiger partial charge in [-0.15, -0.1) is 0 Å². The molecule has 0 amide bonds. The summed E-state index contributed by atoms with van der Waals surface area (Å²) in [6.45, 7) is 3.81. The van der Waals surface area contributed by atoms with Crippen LogP contribution >= 0.6 is 0 Å². The molecule has 1 saturated heterocycles. The molecule has 0 bridgehead atoms. The Kier molecular flexibility index (Phi) is 4.25. The van der Waals surface area contributed by atoms with Gasteiger partial charge in [-0.3, -0.25) is 4.90 Å². The first-order valence-electron chi connectivity index (χ1n) is 6.11. The van der Waals surface area contributed by atoms with Gasteiger partial charge in [-0.1, -0.05) is 12.8 Å². The van der Waals surface area contributed by atoms with Gasteiger partial charge in [0.1, 0.15) is 5.82 Å². The van der Waals surface area contributed by atoms with Crippen LogP contribution < -0.4 is 5.73 Å². The highest BCUT2D eigenvalue weighted by Gasteiger charge is 2.09. The average Bonchev–Trinajstić information content (AvgIpc) is 2.59. The number of hydrogen-bond donors (Lipinski definition) is 1. The molecule has 2 rings (SSSR count). The Morgan fingerprint density at radius 2 is 1.69 bits per heavy atom. The number of nitrogens with zero attached hydrogens (tertiary/aromatic N) is 3. The van der Waals surface area contributed by atoms with Crippen LogP contribution in [-0.2, 0) is 13.1 Å². The van der Waals surface area contributed by atoms with Crippen molar-refractivity contribution >= 4 is 0 Å². The van der Waals surface area contributed by atoms with E-state index in [1.165, 1.54) is 44.3 Å². The summed E-state index contributed by atoms with van der Waals surface area (Å²) >= 11 is 0. The summed E-state index contributed by atoms with van der Waals surface area (Å²) in [5.74, 6) is 0.722. The average molecular weight is 220 g/mol. The maximum Gasteiger partial charge on any atom is 0.141 e. The third-order valence-electron chi connectivity index (χ3n) is 3.05. The van der Waals surface area contributed by atoms with E-state index in [1.54, 1.807) is 0 Å². The molecule has 1 fully saturated rings. The van der Waals surface area contributed by atoms with Crippen LogP contribution in [0.15, 0.2) is 12.4 Å². The minimum atomic E-state index is 0.421. The van der Waals surface area contributed by atoms with E-state index in [4.69, 9.17) is 5.73 Å². The Morgan fingerprint density at radius 1 is 1.06 bits per heavy atom. The first kappa shape index (κ1) is 11.5. The fourth-order valence-electron chi connectivity index (χ4n) is 2.12. The van der Waals surface area contributed by atoms with E-state index in [1.807, 2.05) is 12.4 Å². The van der Waals surface area contributed by atoms with Crippen LogP contribution in [0.1, 0.15) is 37.1 Å². The molecule has 2 N–H and O–H groups in total. The molecule has 0 aromatic carbocycles. The van der Waals surface area contributed by atoms with Crippen molar-refractivity contribution in [2.24, 2.45) is 5.73 Å². The third-order valence-corrected chi connectivity index (χ3v) is 3.05. The van der Waals surface area contributed by atoms with Crippen molar-refractivity contribution in [1.82, 2.24) is 14.9 Å². The summed E-state index contributed by atoms with van der Waals surface area (Å²) in [7, 11) is 0. The molecule has 0 spiro atoms. The Balaban J connectivity index is 1.91. The summed E-state index contributed by atoms with van der Waals surface area (Å²) < 4.78 is 0. The van der Waals surface area contributed by atoms with E-state index in [2.05, 4.69) is 14.9 Å². The van der Waals surface area contributed by atoms with Gasteiger partial charge in [0.05, 0.1) is 6.54 Å². The second kappa shape index (κ2) is 5.92. The number of nitrogens with two attached hydrogens (primary N) is 1. The molecule has 16 heavy (non-hydrogen) atoms. The second-order valence-corrected chi connectivity index (χ2v) is 4.40. The first-order valence-corrected chi connectivity index (χ1v) is 6.11. The predicted octanol–water partition coefficient (Wildman–Crippen LogP) is 1.31. The number of rotatable bonds is 3. The van der Waals surface area contributed by atoms with Gasteiger partial charge >= 0.3 is 0 Å². The van der Waals surface area contributed by atoms with Crippen LogP contribution in [0.2, 0.25) is 0 Å². The molecule has 0 saturated carbocycles. The molecule has 4 nitrogen and oxygen atoms in total. The van der Waals surface area contributed by atoms with E-state index in [-0.39, 0.29) is 0 Å². The number of likely N-dealkylation sites (tertiary alicyclic amines) is 1. The molecule has 2 heterocycles. The van der Waals surface area contributed by atoms with Crippen LogP contribution in [0.3, 0.4) is 0 Å². The molecular weight excluding hydrogens is 200 g/mol. The van der Waals surface area contributed by atoms with Crippen molar-refractivity contribution in [2.45, 2.75) is 38.8 Å². The highest BCUT2D eigenvalue weighted by molar-refractivity contribution is 5.05. The van der Waals surface area contributed by atoms with E-state index in [0.29, 0.717) is 6.54 Å². The van der Waals surface area contributed by atoms with Crippen LogP contribution in [-0.4, -0.2) is 28.0 Å². The lowest BCUT2D eigenvalue weighted by molar-refractivity contribution is 0.276. The molecule has 1 aromatic rings. The van der Waals surface area contributed by atoms with E-state index >= 15 is 0 Å². The van der Waals surface area contributed by atoms with Gasteiger partial charge in [-0.25, -0.2) is 9.97 Å². The zero-order valence-corrected chi connectivity index (χ0v) is 9.73. The largest absolute Gasteiger partial charge is 0.324 e. The Labute approximate surface area is 96.9 Å². The fraction of sp³-hybridized carbons (Fsp3) is 0.667. The third kappa shape index (κ3) is 3.25. The zero-order valence-electron chi connectivity index (χ0n) is 9.73. The predicted molar refractivity (Wildman–Crippen MR) is 63.7 cm³/mol. The molecular formula is C12H20N4. The van der Waals surface area contributed by atoms with Gasteiger partial charge in [-0.05, 0) is 25.9 Å². The van der Waals surface area contributed by atoms with Crippen molar-refractivity contribution in [2.75, 3.05) is 13.1 Å². The molecule has 4 heteroatoms. The Hall–Kier alpha value is -1.00. The monoisotopic (exact) mass is 220 g/mol. The summed E-state index contributed by atoms with van der Waals surface area (Å²) in [6, 6.07) is 0. The topological polar surface area (TPSA) is 55.0 Å². The standard InChI is InChI=1S/C12H20N4/c13-7-12-14-8-11(9-15-12)10-16-5-3-1-2-4-6-16/h8-9H,1-7,10,13H2. The molecule has 1 aliphatic heterocycles. The van der Waals surface area contributed by atoms with Crippen molar-refractivity contribution in [1.29, 1.82) is 0 Å². The van der Waals surface area contributed by atoms with Crippen molar-refractivity contribution in [3.05, 3.63) is 23.8 Å². The minimum absolute atomic E-state index is 0.421. The van der Waals surface area contributed by atoms with E-state index < -0.39 is 0 Å². The molecule has 0 atom stereocenters. The maximum absolute atomic E-state index is 5.47. The molecule has 0 aliphatic carbocycles. The Morgan fingerprint density at radius 3 is 2.25 bits per heavy atom. The zero-order chi connectivity index (χ0) is 11.2. The van der Waals surface area contributed by atoms with Crippen LogP contribution in [0, 0.1) is 0 Å². The van der Waals surface area contributed by atoms with Gasteiger partial charge in [0.2, 0.25) is 0 Å². The minimum Gasteiger partial charge on any atom is -0.324 e. The molecule has 0 unspecified atom stereocenters. The maximum atomic E-state index is 5.47. The van der Waals surface area contributed by atoms with Gasteiger partial charge in [0, 0.05) is 24.5 Å². The van der Waals surface area contributed by atoms with Gasteiger partial charge in [0.25, 0.3) is 0 Å². The summed E-state index contributed by atoms with van der Waals surface area (Å²) in [5.41, 5.74) is 6.66. The summed E-state index contributed by atoms with van der Waals surface area (Å²) in [6.07, 6.45) is 9.20. The Bertz CT molecular complexity index is 301. The lowest BCUT2D eigenvalue weighted by Crippen LogP contribution is -2.24. The van der Waals surface area contributed by atoms with Crippen LogP contribution in [0.5, 0.6) is 0 Å². The fourth-order valence-corrected chi connectivity index (χ4v) is 2.12. The number of aromatic nitrogens is 2. The number of hydrogen-bond acceptors (Lipinski definition) is 4. The van der Waals surface area contributed by atoms with Gasteiger partial charge < -0.3 is 5.73 Å². The first-order chi connectivity index (χ1) is 7.88. The van der Waals surface area contributed by atoms with E-state index in [9.17, 15) is 0 Å². The lowest BCUT2D eigenvalue weighted by Gasteiger charge is -2.19. The molecule has 0 radical (unpaired) electrons. The van der Waals surface area contributed by atoms with Gasteiger partial charge in [0.15, 0.2) is 0 Å². The summed E-state index contributed by atoms with van der Waals surface area (Å²) in [4.78, 5) is 10.9. The second-order valence-electron chi connectivity index (χ2n) is 4.40. The lowest BCUT2D eigenvalue weighted by atomic mass is 10.2. The quantitative estimate of drug-likeness (QED) is 0.834. The molecule has 88 valence electrons. The SMILES string of the molecule is NCc1ncc(CN2CCCCCC2)cn1. The van der Waals surface area contributed by atoms with Crippen LogP contribution in [0.4, 0.5) is 0 Å². The molecule has 1 aliphatic rings. The normalized spacial score (nSPS) is 18.3. The highest BCUT2D eigenvalue weighted by Crippen LogP contribution is 2.12. The van der Waals surface area contributed by atoms with Gasteiger partial charge in [-0.2, -0.15) is 0 Å². The van der Waals surface area contributed by atoms with Crippen molar-refractivity contribution in [3.63, 3.8) is 0 Å². The molecule has 1 aromatic heterocycles. The van der Waals surface area contributed by atoms with Crippen molar-refractivity contribution < 1.29 is 0 Å². The van der Waals surface area contributed by atoms with E-state index in [0.717, 1.165) is 12.4 Å².